The molecule has 0 aromatic carbocycles. The van der Waals surface area contributed by atoms with E-state index < -0.39 is 10.0 Å². The van der Waals surface area contributed by atoms with Crippen molar-refractivity contribution < 1.29 is 8.42 Å². The van der Waals surface area contributed by atoms with E-state index in [1.165, 1.54) is 11.3 Å². The Morgan fingerprint density at radius 2 is 2.24 bits per heavy atom. The van der Waals surface area contributed by atoms with Gasteiger partial charge in [-0.05, 0) is 34.5 Å². The molecule has 4 nitrogen and oxygen atoms in total. The lowest BCUT2D eigenvalue weighted by molar-refractivity contribution is 0.517. The average Bonchev–Trinajstić information content (AvgIpc) is 2.71. The molecule has 0 aliphatic heterocycles. The Kier molecular flexibility index (Phi) is 6.08. The average molecular weight is 341 g/mol. The fourth-order valence-electron chi connectivity index (χ4n) is 1.40. The van der Waals surface area contributed by atoms with Crippen molar-refractivity contribution in [3.05, 3.63) is 15.9 Å². The number of nitrogens with one attached hydrogen (secondary N) is 1. The summed E-state index contributed by atoms with van der Waals surface area (Å²) in [6.07, 6.45) is 2.78. The van der Waals surface area contributed by atoms with Crippen LogP contribution in [0.5, 0.6) is 0 Å². The molecule has 0 aliphatic carbocycles. The van der Waals surface area contributed by atoms with Gasteiger partial charge in [-0.15, -0.1) is 11.3 Å². The minimum atomic E-state index is -3.42. The summed E-state index contributed by atoms with van der Waals surface area (Å²) in [5.74, 6) is 0. The highest BCUT2D eigenvalue weighted by molar-refractivity contribution is 9.11. The maximum Gasteiger partial charge on any atom is 0.250 e. The highest BCUT2D eigenvalue weighted by Gasteiger charge is 2.20. The number of thiophene rings is 1. The third kappa shape index (κ3) is 4.67. The second kappa shape index (κ2) is 6.84. The second-order valence-electron chi connectivity index (χ2n) is 3.75. The molecular weight excluding hydrogens is 324 g/mol. The summed E-state index contributed by atoms with van der Waals surface area (Å²) in [5.41, 5.74) is 5.57. The molecule has 0 saturated carbocycles. The molecule has 7 heteroatoms. The Morgan fingerprint density at radius 3 is 2.71 bits per heavy atom. The van der Waals surface area contributed by atoms with Gasteiger partial charge in [0.1, 0.15) is 4.21 Å². The van der Waals surface area contributed by atoms with Crippen LogP contribution in [-0.2, 0) is 10.0 Å². The first-order valence-electron chi connectivity index (χ1n) is 5.47. The van der Waals surface area contributed by atoms with E-state index in [-0.39, 0.29) is 6.04 Å². The first-order chi connectivity index (χ1) is 7.99. The highest BCUT2D eigenvalue weighted by Crippen LogP contribution is 2.26. The zero-order valence-electron chi connectivity index (χ0n) is 9.65. The summed E-state index contributed by atoms with van der Waals surface area (Å²) in [4.78, 5) is 0. The van der Waals surface area contributed by atoms with E-state index in [1.807, 2.05) is 0 Å². The molecule has 0 fully saturated rings. The smallest absolute Gasteiger partial charge is 0.250 e. The van der Waals surface area contributed by atoms with Gasteiger partial charge < -0.3 is 5.73 Å². The normalized spacial score (nSPS) is 13.8. The number of sulfonamides is 1. The van der Waals surface area contributed by atoms with Crippen LogP contribution in [0.3, 0.4) is 0 Å². The van der Waals surface area contributed by atoms with Crippen LogP contribution in [-0.4, -0.2) is 21.0 Å². The molecular formula is C10H17BrN2O2S2. The van der Waals surface area contributed by atoms with Gasteiger partial charge in [0.05, 0.1) is 3.79 Å². The van der Waals surface area contributed by atoms with Crippen molar-refractivity contribution in [1.29, 1.82) is 0 Å². The van der Waals surface area contributed by atoms with E-state index in [4.69, 9.17) is 5.73 Å². The predicted molar refractivity (Wildman–Crippen MR) is 74.7 cm³/mol. The Morgan fingerprint density at radius 1 is 1.53 bits per heavy atom. The molecule has 1 atom stereocenters. The lowest BCUT2D eigenvalue weighted by Crippen LogP contribution is -2.39. The lowest BCUT2D eigenvalue weighted by atomic mass is 10.1. The van der Waals surface area contributed by atoms with E-state index in [0.717, 1.165) is 23.0 Å². The summed E-state index contributed by atoms with van der Waals surface area (Å²) >= 11 is 4.45. The van der Waals surface area contributed by atoms with Crippen molar-refractivity contribution in [1.82, 2.24) is 4.72 Å². The van der Waals surface area contributed by atoms with Gasteiger partial charge in [0, 0.05) is 12.6 Å². The Bertz CT molecular complexity index is 445. The lowest BCUT2D eigenvalue weighted by Gasteiger charge is -2.15. The van der Waals surface area contributed by atoms with Crippen molar-refractivity contribution in [2.24, 2.45) is 5.73 Å². The zero-order valence-corrected chi connectivity index (χ0v) is 12.9. The number of unbranched alkanes of at least 4 members (excludes halogenated alkanes) is 1. The van der Waals surface area contributed by atoms with E-state index in [9.17, 15) is 8.42 Å². The second-order valence-corrected chi connectivity index (χ2v) is 8.16. The molecule has 98 valence electrons. The van der Waals surface area contributed by atoms with Crippen molar-refractivity contribution in [2.45, 2.75) is 36.4 Å². The highest BCUT2D eigenvalue weighted by atomic mass is 79.9. The van der Waals surface area contributed by atoms with Crippen LogP contribution in [0.15, 0.2) is 20.1 Å². The van der Waals surface area contributed by atoms with Gasteiger partial charge in [0.2, 0.25) is 10.0 Å². The van der Waals surface area contributed by atoms with Crippen LogP contribution < -0.4 is 10.5 Å². The number of hydrogen-bond donors (Lipinski definition) is 2. The van der Waals surface area contributed by atoms with E-state index >= 15 is 0 Å². The summed E-state index contributed by atoms with van der Waals surface area (Å²) in [7, 11) is -3.42. The molecule has 1 heterocycles. The molecule has 0 radical (unpaired) electrons. The molecule has 0 amide bonds. The van der Waals surface area contributed by atoms with Gasteiger partial charge in [-0.2, -0.15) is 0 Å². The van der Waals surface area contributed by atoms with Crippen LogP contribution in [0.2, 0.25) is 0 Å². The molecule has 1 aromatic heterocycles. The fourth-order valence-corrected chi connectivity index (χ4v) is 4.70. The van der Waals surface area contributed by atoms with Crippen LogP contribution in [0.25, 0.3) is 0 Å². The van der Waals surface area contributed by atoms with Gasteiger partial charge in [-0.25, -0.2) is 13.1 Å². The van der Waals surface area contributed by atoms with Gasteiger partial charge in [-0.1, -0.05) is 19.8 Å². The summed E-state index contributed by atoms with van der Waals surface area (Å²) < 4.78 is 27.8. The van der Waals surface area contributed by atoms with Crippen LogP contribution in [0, 0.1) is 0 Å². The van der Waals surface area contributed by atoms with Gasteiger partial charge in [0.25, 0.3) is 0 Å². The topological polar surface area (TPSA) is 72.2 Å². The maximum absolute atomic E-state index is 12.0. The number of nitrogens with two attached hydrogens (primary N) is 1. The van der Waals surface area contributed by atoms with Crippen LogP contribution in [0.4, 0.5) is 0 Å². The van der Waals surface area contributed by atoms with Crippen LogP contribution in [0.1, 0.15) is 26.2 Å². The quantitative estimate of drug-likeness (QED) is 0.799. The minimum absolute atomic E-state index is 0.180. The standard InChI is InChI=1S/C10H17BrN2O2S2/c1-2-3-4-8(7-12)13-17(14,15)10-6-5-9(11)16-10/h5-6,8,13H,2-4,7,12H2,1H3. The molecule has 1 rings (SSSR count). The number of halogens is 1. The largest absolute Gasteiger partial charge is 0.329 e. The Balaban J connectivity index is 2.71. The van der Waals surface area contributed by atoms with Crippen molar-refractivity contribution in [2.75, 3.05) is 6.54 Å². The predicted octanol–water partition coefficient (Wildman–Crippen LogP) is 2.31. The first kappa shape index (κ1) is 15.1. The molecule has 0 spiro atoms. The molecule has 3 N–H and O–H groups in total. The summed E-state index contributed by atoms with van der Waals surface area (Å²) in [5, 5.41) is 0. The van der Waals surface area contributed by atoms with Crippen molar-refractivity contribution in [3.8, 4) is 0 Å². The molecule has 1 aromatic rings. The van der Waals surface area contributed by atoms with E-state index in [2.05, 4.69) is 27.6 Å². The first-order valence-corrected chi connectivity index (χ1v) is 8.56. The zero-order chi connectivity index (χ0) is 12.9. The summed E-state index contributed by atoms with van der Waals surface area (Å²) in [6, 6.07) is 3.13. The summed E-state index contributed by atoms with van der Waals surface area (Å²) in [6.45, 7) is 2.39. The SMILES string of the molecule is CCCCC(CN)NS(=O)(=O)c1ccc(Br)s1. The molecule has 1 unspecified atom stereocenters. The van der Waals surface area contributed by atoms with Gasteiger partial charge >= 0.3 is 0 Å². The van der Waals surface area contributed by atoms with Crippen LogP contribution >= 0.6 is 27.3 Å². The molecule has 17 heavy (non-hydrogen) atoms. The Hall–Kier alpha value is 0.0500. The van der Waals surface area contributed by atoms with E-state index in [0.29, 0.717) is 10.8 Å². The van der Waals surface area contributed by atoms with Gasteiger partial charge in [0.15, 0.2) is 0 Å². The molecule has 0 saturated heterocycles. The third-order valence-corrected chi connectivity index (χ3v) is 5.96. The molecule has 0 bridgehead atoms. The Labute approximate surface area is 115 Å². The number of hydrogen-bond acceptors (Lipinski definition) is 4. The monoisotopic (exact) mass is 340 g/mol. The minimum Gasteiger partial charge on any atom is -0.329 e. The maximum atomic E-state index is 12.0. The molecule has 0 aliphatic rings. The van der Waals surface area contributed by atoms with Gasteiger partial charge in [-0.3, -0.25) is 0 Å². The third-order valence-electron chi connectivity index (χ3n) is 2.33. The van der Waals surface area contributed by atoms with Crippen molar-refractivity contribution >= 4 is 37.3 Å². The number of rotatable bonds is 7. The van der Waals surface area contributed by atoms with E-state index in [1.54, 1.807) is 12.1 Å². The fraction of sp³-hybridized carbons (Fsp3) is 0.600. The van der Waals surface area contributed by atoms with Crippen molar-refractivity contribution in [3.63, 3.8) is 0 Å².